The van der Waals surface area contributed by atoms with Gasteiger partial charge in [-0.3, -0.25) is 0 Å². The Hall–Kier alpha value is -2.77. The third kappa shape index (κ3) is 5.68. The van der Waals surface area contributed by atoms with Crippen LogP contribution in [0.3, 0.4) is 0 Å². The molecule has 0 aliphatic carbocycles. The van der Waals surface area contributed by atoms with E-state index in [0.717, 1.165) is 36.3 Å². The van der Waals surface area contributed by atoms with E-state index in [1.54, 1.807) is 42.5 Å². The van der Waals surface area contributed by atoms with Crippen LogP contribution in [0.2, 0.25) is 5.15 Å². The third-order valence-electron chi connectivity index (χ3n) is 4.88. The highest BCUT2D eigenvalue weighted by Gasteiger charge is 2.18. The molecule has 0 radical (unpaired) electrons. The molecule has 0 spiro atoms. The standard InChI is InChI=1S/C23H23ClN2O4S/c1-2-3-8-20-25-21(24)18(14-31-19-7-5-4-6-17(19)23(29)30)26(20)13-15-9-11-16(12-10-15)22(27)28/h4-7,9-12H,2-3,8,13-14H2,1H3,(H,27,28)(H,29,30). The van der Waals surface area contributed by atoms with Crippen molar-refractivity contribution in [2.75, 3.05) is 0 Å². The first kappa shape index (κ1) is 22.9. The van der Waals surface area contributed by atoms with Gasteiger partial charge in [-0.15, -0.1) is 11.8 Å². The van der Waals surface area contributed by atoms with Crippen LogP contribution in [-0.2, 0) is 18.7 Å². The number of hydrogen-bond donors (Lipinski definition) is 2. The van der Waals surface area contributed by atoms with Crippen molar-refractivity contribution < 1.29 is 19.8 Å². The van der Waals surface area contributed by atoms with Gasteiger partial charge >= 0.3 is 11.9 Å². The highest BCUT2D eigenvalue weighted by Crippen LogP contribution is 2.30. The summed E-state index contributed by atoms with van der Waals surface area (Å²) in [6.45, 7) is 2.62. The van der Waals surface area contributed by atoms with Gasteiger partial charge in [0.15, 0.2) is 5.15 Å². The number of nitrogens with zero attached hydrogens (tertiary/aromatic N) is 2. The molecule has 162 valence electrons. The van der Waals surface area contributed by atoms with E-state index < -0.39 is 11.9 Å². The molecular weight excluding hydrogens is 436 g/mol. The Bertz CT molecular complexity index is 1080. The van der Waals surface area contributed by atoms with Crippen LogP contribution in [0.15, 0.2) is 53.4 Å². The Labute approximate surface area is 189 Å². The zero-order valence-electron chi connectivity index (χ0n) is 17.0. The van der Waals surface area contributed by atoms with Crippen molar-refractivity contribution in [3.05, 3.63) is 81.9 Å². The summed E-state index contributed by atoms with van der Waals surface area (Å²) in [5.74, 6) is -0.591. The zero-order valence-corrected chi connectivity index (χ0v) is 18.6. The Morgan fingerprint density at radius 2 is 1.77 bits per heavy atom. The van der Waals surface area contributed by atoms with E-state index in [-0.39, 0.29) is 11.1 Å². The number of halogens is 1. The molecule has 1 aromatic heterocycles. The van der Waals surface area contributed by atoms with E-state index in [0.29, 0.717) is 22.3 Å². The maximum Gasteiger partial charge on any atom is 0.336 e. The first-order chi connectivity index (χ1) is 14.9. The van der Waals surface area contributed by atoms with E-state index in [1.807, 2.05) is 6.07 Å². The summed E-state index contributed by atoms with van der Waals surface area (Å²) >= 11 is 7.90. The van der Waals surface area contributed by atoms with E-state index in [2.05, 4.69) is 16.5 Å². The van der Waals surface area contributed by atoms with Crippen LogP contribution in [0.25, 0.3) is 0 Å². The summed E-state index contributed by atoms with van der Waals surface area (Å²) in [4.78, 5) is 27.9. The average Bonchev–Trinajstić information content (AvgIpc) is 3.05. The number of aromatic carboxylic acids is 2. The second-order valence-electron chi connectivity index (χ2n) is 7.05. The molecular formula is C23H23ClN2O4S. The molecule has 3 aromatic rings. The molecule has 0 saturated carbocycles. The first-order valence-corrected chi connectivity index (χ1v) is 11.3. The van der Waals surface area contributed by atoms with Gasteiger partial charge in [0.25, 0.3) is 0 Å². The lowest BCUT2D eigenvalue weighted by molar-refractivity contribution is 0.0684. The van der Waals surface area contributed by atoms with Crippen LogP contribution in [-0.4, -0.2) is 31.7 Å². The van der Waals surface area contributed by atoms with E-state index in [1.165, 1.54) is 11.8 Å². The van der Waals surface area contributed by atoms with Gasteiger partial charge in [-0.1, -0.05) is 49.2 Å². The van der Waals surface area contributed by atoms with Crippen molar-refractivity contribution in [2.24, 2.45) is 0 Å². The predicted molar refractivity (Wildman–Crippen MR) is 121 cm³/mol. The molecule has 0 aliphatic heterocycles. The van der Waals surface area contributed by atoms with Gasteiger partial charge in [-0.2, -0.15) is 0 Å². The summed E-state index contributed by atoms with van der Waals surface area (Å²) < 4.78 is 2.06. The Balaban J connectivity index is 1.90. The monoisotopic (exact) mass is 458 g/mol. The number of carboxylic acid groups (broad SMARTS) is 2. The summed E-state index contributed by atoms with van der Waals surface area (Å²) in [5.41, 5.74) is 2.25. The number of imidazole rings is 1. The van der Waals surface area contributed by atoms with E-state index in [4.69, 9.17) is 16.7 Å². The lowest BCUT2D eigenvalue weighted by atomic mass is 10.1. The number of carbonyl (C=O) groups is 2. The summed E-state index contributed by atoms with van der Waals surface area (Å²) in [7, 11) is 0. The van der Waals surface area contributed by atoms with Gasteiger partial charge < -0.3 is 14.8 Å². The van der Waals surface area contributed by atoms with Gasteiger partial charge in [-0.25, -0.2) is 14.6 Å². The second-order valence-corrected chi connectivity index (χ2v) is 8.42. The summed E-state index contributed by atoms with van der Waals surface area (Å²) in [6, 6.07) is 13.6. The molecule has 2 N–H and O–H groups in total. The lowest BCUT2D eigenvalue weighted by Gasteiger charge is -2.13. The van der Waals surface area contributed by atoms with Crippen LogP contribution in [0.4, 0.5) is 0 Å². The van der Waals surface area contributed by atoms with Gasteiger partial charge in [0.1, 0.15) is 5.82 Å². The number of benzene rings is 2. The average molecular weight is 459 g/mol. The molecule has 6 nitrogen and oxygen atoms in total. The van der Waals surface area contributed by atoms with E-state index in [9.17, 15) is 14.7 Å². The maximum atomic E-state index is 11.5. The fourth-order valence-corrected chi connectivity index (χ4v) is 4.62. The van der Waals surface area contributed by atoms with Crippen molar-refractivity contribution in [1.82, 2.24) is 9.55 Å². The van der Waals surface area contributed by atoms with Crippen LogP contribution in [0.5, 0.6) is 0 Å². The molecule has 1 heterocycles. The van der Waals surface area contributed by atoms with E-state index >= 15 is 0 Å². The van der Waals surface area contributed by atoms with Crippen LogP contribution in [0.1, 0.15) is 57.6 Å². The third-order valence-corrected chi connectivity index (χ3v) is 6.27. The van der Waals surface area contributed by atoms with Crippen molar-refractivity contribution in [3.63, 3.8) is 0 Å². The predicted octanol–water partition coefficient (Wildman–Crippen LogP) is 5.62. The van der Waals surface area contributed by atoms with Gasteiger partial charge in [-0.05, 0) is 36.2 Å². The molecule has 0 saturated heterocycles. The highest BCUT2D eigenvalue weighted by atomic mass is 35.5. The molecule has 0 unspecified atom stereocenters. The molecule has 0 atom stereocenters. The first-order valence-electron chi connectivity index (χ1n) is 9.91. The molecule has 0 amide bonds. The molecule has 0 bridgehead atoms. The largest absolute Gasteiger partial charge is 0.478 e. The lowest BCUT2D eigenvalue weighted by Crippen LogP contribution is -2.09. The van der Waals surface area contributed by atoms with Crippen LogP contribution >= 0.6 is 23.4 Å². The number of aromatic nitrogens is 2. The quantitative estimate of drug-likeness (QED) is 0.383. The minimum absolute atomic E-state index is 0.236. The van der Waals surface area contributed by atoms with Crippen molar-refractivity contribution in [1.29, 1.82) is 0 Å². The molecule has 31 heavy (non-hydrogen) atoms. The molecule has 0 fully saturated rings. The number of hydrogen-bond acceptors (Lipinski definition) is 4. The fourth-order valence-electron chi connectivity index (χ4n) is 3.21. The van der Waals surface area contributed by atoms with Gasteiger partial charge in [0, 0.05) is 23.6 Å². The summed E-state index contributed by atoms with van der Waals surface area (Å²) in [5, 5.41) is 19.0. The summed E-state index contributed by atoms with van der Waals surface area (Å²) in [6.07, 6.45) is 2.77. The molecule has 3 rings (SSSR count). The maximum absolute atomic E-state index is 11.5. The van der Waals surface area contributed by atoms with Crippen molar-refractivity contribution in [3.8, 4) is 0 Å². The minimum Gasteiger partial charge on any atom is -0.478 e. The van der Waals surface area contributed by atoms with Gasteiger partial charge in [0.2, 0.25) is 0 Å². The fraction of sp³-hybridized carbons (Fsp3) is 0.261. The molecule has 8 heteroatoms. The second kappa shape index (κ2) is 10.5. The number of carboxylic acids is 2. The molecule has 0 aliphatic rings. The number of unbranched alkanes of at least 4 members (excludes halogenated alkanes) is 1. The van der Waals surface area contributed by atoms with Crippen LogP contribution in [0, 0.1) is 0 Å². The Morgan fingerprint density at radius 3 is 2.42 bits per heavy atom. The number of rotatable bonds is 10. The van der Waals surface area contributed by atoms with Crippen molar-refractivity contribution >= 4 is 35.3 Å². The Morgan fingerprint density at radius 1 is 1.06 bits per heavy atom. The zero-order chi connectivity index (χ0) is 22.4. The topological polar surface area (TPSA) is 92.4 Å². The minimum atomic E-state index is -0.968. The van der Waals surface area contributed by atoms with Gasteiger partial charge in [0.05, 0.1) is 16.8 Å². The molecule has 2 aromatic carbocycles. The van der Waals surface area contributed by atoms with Crippen LogP contribution < -0.4 is 0 Å². The number of aryl methyl sites for hydroxylation is 1. The van der Waals surface area contributed by atoms with Crippen molar-refractivity contribution in [2.45, 2.75) is 43.4 Å². The number of thioether (sulfide) groups is 1. The normalized spacial score (nSPS) is 10.9. The highest BCUT2D eigenvalue weighted by molar-refractivity contribution is 7.98. The Kier molecular flexibility index (Phi) is 7.76. The smallest absolute Gasteiger partial charge is 0.336 e. The SMILES string of the molecule is CCCCc1nc(Cl)c(CSc2ccccc2C(=O)O)n1Cc1ccc(C(=O)O)cc1.